The van der Waals surface area contributed by atoms with Crippen LogP contribution in [0.5, 0.6) is 11.5 Å². The van der Waals surface area contributed by atoms with Crippen LogP contribution in [0.25, 0.3) is 0 Å². The third kappa shape index (κ3) is 3.38. The van der Waals surface area contributed by atoms with Gasteiger partial charge in [0.05, 0.1) is 0 Å². The molecule has 1 rings (SSSR count). The third-order valence-electron chi connectivity index (χ3n) is 1.78. The summed E-state index contributed by atoms with van der Waals surface area (Å²) in [6.07, 6.45) is 0.491. The van der Waals surface area contributed by atoms with Gasteiger partial charge in [-0.1, -0.05) is 19.1 Å². The second-order valence-electron chi connectivity index (χ2n) is 2.73. The highest BCUT2D eigenvalue weighted by Crippen LogP contribution is 2.31. The molecule has 0 radical (unpaired) electrons. The molecule has 1 aromatic rings. The molecule has 0 N–H and O–H groups in total. The lowest BCUT2D eigenvalue weighted by molar-refractivity contribution is 0.469. The summed E-state index contributed by atoms with van der Waals surface area (Å²) < 4.78 is 50.8. The first-order chi connectivity index (χ1) is 7.54. The van der Waals surface area contributed by atoms with Gasteiger partial charge in [0.2, 0.25) is 0 Å². The second kappa shape index (κ2) is 5.71. The molecule has 0 aromatic heterocycles. The molecule has 90 valence electrons. The highest BCUT2D eigenvalue weighted by Gasteiger charge is 2.12. The Morgan fingerprint density at radius 1 is 1.06 bits per heavy atom. The first kappa shape index (κ1) is 12.8. The Kier molecular flexibility index (Phi) is 4.56. The number of aryl methyl sites for hydroxylation is 1. The molecule has 0 aliphatic carbocycles. The van der Waals surface area contributed by atoms with Crippen molar-refractivity contribution in [3.8, 4) is 11.5 Å². The number of benzene rings is 1. The van der Waals surface area contributed by atoms with Crippen molar-refractivity contribution in [2.45, 2.75) is 13.3 Å². The fraction of sp³-hybridized carbons (Fsp3) is 0.250. The Hall–Kier alpha value is -1.28. The Morgan fingerprint density at radius 3 is 2.19 bits per heavy atom. The Labute approximate surface area is 96.1 Å². The van der Waals surface area contributed by atoms with E-state index in [-0.39, 0.29) is 11.5 Å². The molecular weight excluding hydrogens is 256 g/mol. The summed E-state index contributed by atoms with van der Waals surface area (Å²) in [5.74, 6) is -0.213. The smallest absolute Gasteiger partial charge is 0.299 e. The van der Waals surface area contributed by atoms with Crippen LogP contribution in [0.15, 0.2) is 18.2 Å². The van der Waals surface area contributed by atoms with Crippen LogP contribution in [0.4, 0.5) is 0 Å². The normalized spacial score (nSPS) is 10.7. The van der Waals surface area contributed by atoms with E-state index in [1.54, 1.807) is 19.1 Å². The van der Waals surface area contributed by atoms with Crippen molar-refractivity contribution in [1.82, 2.24) is 0 Å². The van der Waals surface area contributed by atoms with E-state index in [0.29, 0.717) is 12.0 Å². The van der Waals surface area contributed by atoms with Crippen LogP contribution >= 0.6 is 0 Å². The van der Waals surface area contributed by atoms with Gasteiger partial charge in [0, 0.05) is 0 Å². The van der Waals surface area contributed by atoms with Gasteiger partial charge in [-0.3, -0.25) is 0 Å². The van der Waals surface area contributed by atoms with Gasteiger partial charge >= 0.3 is 0 Å². The van der Waals surface area contributed by atoms with Crippen LogP contribution in [0, 0.1) is 0 Å². The van der Waals surface area contributed by atoms with E-state index in [1.165, 1.54) is 6.07 Å². The topological polar surface area (TPSA) is 86.7 Å². The van der Waals surface area contributed by atoms with E-state index in [4.69, 9.17) is 0 Å². The summed E-state index contributed by atoms with van der Waals surface area (Å²) in [5, 5.41) is 0. The maximum atomic E-state index is 10.5. The predicted molar refractivity (Wildman–Crippen MR) is 57.7 cm³/mol. The number of rotatable bonds is 5. The van der Waals surface area contributed by atoms with Crippen molar-refractivity contribution in [1.29, 1.82) is 0 Å². The minimum atomic E-state index is -3.12. The van der Waals surface area contributed by atoms with Crippen molar-refractivity contribution in [3.05, 3.63) is 23.8 Å². The summed E-state index contributed by atoms with van der Waals surface area (Å²) in [6.45, 7) is 1.78. The van der Waals surface area contributed by atoms with Gasteiger partial charge in [-0.25, -0.2) is 0 Å². The average Bonchev–Trinajstić information content (AvgIpc) is 2.19. The van der Waals surface area contributed by atoms with Crippen LogP contribution in [0.3, 0.4) is 0 Å². The van der Waals surface area contributed by atoms with E-state index >= 15 is 0 Å². The molecule has 6 nitrogen and oxygen atoms in total. The molecule has 0 aliphatic rings. The maximum Gasteiger partial charge on any atom is 0.299 e. The van der Waals surface area contributed by atoms with Crippen LogP contribution in [-0.2, 0) is 28.4 Å². The molecule has 0 heterocycles. The van der Waals surface area contributed by atoms with Gasteiger partial charge in [0.15, 0.2) is 11.5 Å². The summed E-state index contributed by atoms with van der Waals surface area (Å²) in [6, 6.07) is 4.50. The molecule has 0 amide bonds. The standard InChI is InChI=1S/C8H10O6S2/c1-2-6-4-3-5-7(13-15(9)10)8(6)14-16(11)12/h3-5,15-16H,2H2,1H3. The molecular formula is C8H10O6S2. The highest BCUT2D eigenvalue weighted by atomic mass is 32.2. The summed E-state index contributed by atoms with van der Waals surface area (Å²) in [7, 11) is -6.23. The Bertz CT molecular complexity index is 501. The first-order valence-electron chi connectivity index (χ1n) is 4.31. The van der Waals surface area contributed by atoms with Crippen LogP contribution in [0.1, 0.15) is 12.5 Å². The highest BCUT2D eigenvalue weighted by molar-refractivity contribution is 7.68. The van der Waals surface area contributed by atoms with Gasteiger partial charge in [-0.15, -0.1) is 0 Å². The van der Waals surface area contributed by atoms with Crippen molar-refractivity contribution in [2.24, 2.45) is 0 Å². The van der Waals surface area contributed by atoms with Crippen LogP contribution in [-0.4, -0.2) is 16.8 Å². The zero-order chi connectivity index (χ0) is 12.1. The zero-order valence-electron chi connectivity index (χ0n) is 8.28. The van der Waals surface area contributed by atoms with E-state index in [2.05, 4.69) is 8.37 Å². The average molecular weight is 266 g/mol. The molecule has 0 fully saturated rings. The fourth-order valence-corrected chi connectivity index (χ4v) is 1.83. The van der Waals surface area contributed by atoms with Gasteiger partial charge in [-0.05, 0) is 18.1 Å². The summed E-state index contributed by atoms with van der Waals surface area (Å²) in [5.41, 5.74) is 0.550. The van der Waals surface area contributed by atoms with E-state index in [0.717, 1.165) is 0 Å². The van der Waals surface area contributed by atoms with Crippen molar-refractivity contribution in [3.63, 3.8) is 0 Å². The fourth-order valence-electron chi connectivity index (χ4n) is 1.17. The van der Waals surface area contributed by atoms with Crippen LogP contribution in [0.2, 0.25) is 0 Å². The number of hydrogen-bond donors (Lipinski definition) is 2. The quantitative estimate of drug-likeness (QED) is 0.733. The minimum absolute atomic E-state index is 0.0830. The van der Waals surface area contributed by atoms with Gasteiger partial charge in [-0.2, -0.15) is 16.8 Å². The lowest BCUT2D eigenvalue weighted by Gasteiger charge is -2.08. The van der Waals surface area contributed by atoms with E-state index in [1.807, 2.05) is 0 Å². The lowest BCUT2D eigenvalue weighted by Crippen LogP contribution is -1.99. The van der Waals surface area contributed by atoms with Gasteiger partial charge in [0.25, 0.3) is 22.0 Å². The number of hydrogen-bond acceptors (Lipinski definition) is 6. The van der Waals surface area contributed by atoms with Crippen molar-refractivity contribution >= 4 is 22.0 Å². The summed E-state index contributed by atoms with van der Waals surface area (Å²) in [4.78, 5) is 0. The molecule has 0 aliphatic heterocycles. The lowest BCUT2D eigenvalue weighted by atomic mass is 10.1. The second-order valence-corrected chi connectivity index (χ2v) is 3.99. The largest absolute Gasteiger partial charge is 0.380 e. The SMILES string of the molecule is CCc1cccc(O[SH](=O)=O)c1O[SH](=O)=O. The zero-order valence-corrected chi connectivity index (χ0v) is 10.1. The first-order valence-corrected chi connectivity index (χ1v) is 6.50. The van der Waals surface area contributed by atoms with E-state index < -0.39 is 22.0 Å². The van der Waals surface area contributed by atoms with E-state index in [9.17, 15) is 16.8 Å². The molecule has 0 saturated heterocycles. The molecule has 0 bridgehead atoms. The van der Waals surface area contributed by atoms with Gasteiger partial charge < -0.3 is 8.37 Å². The third-order valence-corrected chi connectivity index (χ3v) is 2.46. The molecule has 8 heteroatoms. The monoisotopic (exact) mass is 266 g/mol. The summed E-state index contributed by atoms with van der Waals surface area (Å²) >= 11 is 0. The molecule has 0 atom stereocenters. The van der Waals surface area contributed by atoms with Gasteiger partial charge in [0.1, 0.15) is 0 Å². The Morgan fingerprint density at radius 2 is 1.69 bits per heavy atom. The van der Waals surface area contributed by atoms with Crippen LogP contribution < -0.4 is 8.37 Å². The minimum Gasteiger partial charge on any atom is -0.380 e. The molecule has 1 aromatic carbocycles. The van der Waals surface area contributed by atoms with Crippen molar-refractivity contribution in [2.75, 3.05) is 0 Å². The Balaban J connectivity index is 3.24. The molecule has 0 unspecified atom stereocenters. The number of thiol groups is 2. The van der Waals surface area contributed by atoms with Crippen molar-refractivity contribution < 1.29 is 25.2 Å². The number of para-hydroxylation sites is 1. The molecule has 0 saturated carbocycles. The molecule has 16 heavy (non-hydrogen) atoms. The predicted octanol–water partition coefficient (Wildman–Crippen LogP) is 0.0594. The molecule has 0 spiro atoms. The maximum absolute atomic E-state index is 10.5.